The Kier molecular flexibility index (Phi) is 4.53. The van der Waals surface area contributed by atoms with Gasteiger partial charge in [-0.15, -0.1) is 0 Å². The van der Waals surface area contributed by atoms with Gasteiger partial charge in [0.05, 0.1) is 0 Å². The molecule has 0 saturated carbocycles. The second kappa shape index (κ2) is 5.69. The Morgan fingerprint density at radius 2 is 2.31 bits per heavy atom. The molecule has 0 bridgehead atoms. The summed E-state index contributed by atoms with van der Waals surface area (Å²) in [4.78, 5) is 0. The van der Waals surface area contributed by atoms with Crippen molar-refractivity contribution in [3.63, 3.8) is 0 Å². The van der Waals surface area contributed by atoms with E-state index >= 15 is 0 Å². The van der Waals surface area contributed by atoms with Crippen LogP contribution in [0.4, 0.5) is 0 Å². The molecular weight excluding hydrogens is 202 g/mol. The van der Waals surface area contributed by atoms with E-state index in [1.54, 1.807) is 0 Å². The average Bonchev–Trinajstić information content (AvgIpc) is 2.54. The molecule has 0 aliphatic heterocycles. The summed E-state index contributed by atoms with van der Waals surface area (Å²) < 4.78 is 1.90. The van der Waals surface area contributed by atoms with E-state index in [4.69, 9.17) is 10.4 Å². The quantitative estimate of drug-likeness (QED) is 0.781. The number of aromatic nitrogens is 1. The highest BCUT2D eigenvalue weighted by molar-refractivity contribution is 5.34. The zero-order valence-corrected chi connectivity index (χ0v) is 10.1. The summed E-state index contributed by atoms with van der Waals surface area (Å²) in [5.74, 6) is 0. The maximum absolute atomic E-state index is 8.89. The lowest BCUT2D eigenvalue weighted by Gasteiger charge is -2.12. The van der Waals surface area contributed by atoms with Gasteiger partial charge in [0, 0.05) is 31.9 Å². The van der Waals surface area contributed by atoms with Crippen LogP contribution in [0.1, 0.15) is 30.3 Å². The molecule has 1 atom stereocenters. The zero-order chi connectivity index (χ0) is 12.1. The third kappa shape index (κ3) is 2.84. The van der Waals surface area contributed by atoms with Gasteiger partial charge in [0.15, 0.2) is 0 Å². The van der Waals surface area contributed by atoms with Gasteiger partial charge in [0.25, 0.3) is 0 Å². The van der Waals surface area contributed by atoms with Gasteiger partial charge >= 0.3 is 0 Å². The lowest BCUT2D eigenvalue weighted by molar-refractivity contribution is 0.268. The van der Waals surface area contributed by atoms with Crippen LogP contribution in [0.15, 0.2) is 6.07 Å². The second-order valence-corrected chi connectivity index (χ2v) is 4.11. The average molecular weight is 221 g/mol. The molecule has 1 aromatic rings. The minimum absolute atomic E-state index is 0.200. The largest absolute Gasteiger partial charge is 0.396 e. The van der Waals surface area contributed by atoms with Crippen LogP contribution in [-0.4, -0.2) is 22.3 Å². The molecule has 0 fully saturated rings. The van der Waals surface area contributed by atoms with Crippen molar-refractivity contribution in [3.8, 4) is 6.07 Å². The fourth-order valence-electron chi connectivity index (χ4n) is 1.63. The predicted molar refractivity (Wildman–Crippen MR) is 62.9 cm³/mol. The van der Waals surface area contributed by atoms with Gasteiger partial charge in [-0.1, -0.05) is 0 Å². The van der Waals surface area contributed by atoms with E-state index in [1.807, 2.05) is 31.5 Å². The van der Waals surface area contributed by atoms with Gasteiger partial charge in [-0.3, -0.25) is 0 Å². The molecule has 0 spiro atoms. The van der Waals surface area contributed by atoms with E-state index in [0.29, 0.717) is 5.69 Å². The first-order valence-electron chi connectivity index (χ1n) is 5.49. The molecule has 2 N–H and O–H groups in total. The standard InChI is InChI=1S/C12H19N3O/c1-9(4-5-16)14-8-11-6-12(7-13)15(3)10(11)2/h6,9,14,16H,4-5,8H2,1-3H3. The van der Waals surface area contributed by atoms with Crippen molar-refractivity contribution in [1.82, 2.24) is 9.88 Å². The minimum atomic E-state index is 0.200. The van der Waals surface area contributed by atoms with Gasteiger partial charge in [-0.2, -0.15) is 5.26 Å². The summed E-state index contributed by atoms with van der Waals surface area (Å²) in [5, 5.41) is 21.0. The van der Waals surface area contributed by atoms with Crippen LogP contribution in [0, 0.1) is 18.3 Å². The number of nitrogens with zero attached hydrogens (tertiary/aromatic N) is 2. The Labute approximate surface area is 96.5 Å². The topological polar surface area (TPSA) is 61.0 Å². The molecule has 16 heavy (non-hydrogen) atoms. The van der Waals surface area contributed by atoms with Crippen LogP contribution in [0.25, 0.3) is 0 Å². The number of rotatable bonds is 5. The normalized spacial score (nSPS) is 12.4. The number of aliphatic hydroxyl groups excluding tert-OH is 1. The first-order chi connectivity index (χ1) is 7.60. The van der Waals surface area contributed by atoms with Gasteiger partial charge in [-0.25, -0.2) is 0 Å². The minimum Gasteiger partial charge on any atom is -0.396 e. The van der Waals surface area contributed by atoms with Gasteiger partial charge in [-0.05, 0) is 31.9 Å². The number of hydrogen-bond acceptors (Lipinski definition) is 3. The fourth-order valence-corrected chi connectivity index (χ4v) is 1.63. The highest BCUT2D eigenvalue weighted by atomic mass is 16.3. The molecular formula is C12H19N3O. The maximum atomic E-state index is 8.89. The smallest absolute Gasteiger partial charge is 0.120 e. The molecule has 1 rings (SSSR count). The number of nitriles is 1. The predicted octanol–water partition coefficient (Wildman–Crippen LogP) is 1.07. The van der Waals surface area contributed by atoms with Crippen molar-refractivity contribution in [2.75, 3.05) is 6.61 Å². The molecule has 0 aromatic carbocycles. The highest BCUT2D eigenvalue weighted by Gasteiger charge is 2.09. The number of aliphatic hydroxyl groups is 1. The lowest BCUT2D eigenvalue weighted by atomic mass is 10.2. The third-order valence-corrected chi connectivity index (χ3v) is 2.96. The molecule has 4 heteroatoms. The van der Waals surface area contributed by atoms with Gasteiger partial charge in [0.1, 0.15) is 11.8 Å². The Morgan fingerprint density at radius 1 is 1.62 bits per heavy atom. The number of hydrogen-bond donors (Lipinski definition) is 2. The molecule has 88 valence electrons. The van der Waals surface area contributed by atoms with Crippen LogP contribution in [0.3, 0.4) is 0 Å². The van der Waals surface area contributed by atoms with Crippen LogP contribution >= 0.6 is 0 Å². The first kappa shape index (κ1) is 12.8. The Bertz CT molecular complexity index is 390. The first-order valence-corrected chi connectivity index (χ1v) is 5.49. The lowest BCUT2D eigenvalue weighted by Crippen LogP contribution is -2.26. The third-order valence-electron chi connectivity index (χ3n) is 2.96. The molecule has 0 amide bonds. The van der Waals surface area contributed by atoms with Crippen molar-refractivity contribution in [1.29, 1.82) is 5.26 Å². The summed E-state index contributed by atoms with van der Waals surface area (Å²) in [7, 11) is 1.90. The summed E-state index contributed by atoms with van der Waals surface area (Å²) in [6.07, 6.45) is 0.747. The zero-order valence-electron chi connectivity index (χ0n) is 10.1. The van der Waals surface area contributed by atoms with Gasteiger partial charge < -0.3 is 15.0 Å². The second-order valence-electron chi connectivity index (χ2n) is 4.11. The molecule has 1 aromatic heterocycles. The monoisotopic (exact) mass is 221 g/mol. The molecule has 0 radical (unpaired) electrons. The summed E-state index contributed by atoms with van der Waals surface area (Å²) in [6, 6.07) is 4.36. The van der Waals surface area contributed by atoms with Crippen LogP contribution < -0.4 is 5.32 Å². The van der Waals surface area contributed by atoms with Crippen LogP contribution in [-0.2, 0) is 13.6 Å². The van der Waals surface area contributed by atoms with E-state index in [0.717, 1.165) is 24.2 Å². The van der Waals surface area contributed by atoms with E-state index in [1.165, 1.54) is 0 Å². The maximum Gasteiger partial charge on any atom is 0.120 e. The Hall–Kier alpha value is -1.31. The Balaban J connectivity index is 2.65. The van der Waals surface area contributed by atoms with Crippen molar-refractivity contribution in [2.24, 2.45) is 7.05 Å². The fraction of sp³-hybridized carbons (Fsp3) is 0.583. The Morgan fingerprint density at radius 3 is 2.81 bits per heavy atom. The van der Waals surface area contributed by atoms with Crippen LogP contribution in [0.2, 0.25) is 0 Å². The molecule has 0 aliphatic rings. The number of nitrogens with one attached hydrogen (secondary N) is 1. The summed E-state index contributed by atoms with van der Waals surface area (Å²) in [6.45, 7) is 4.99. The molecule has 1 unspecified atom stereocenters. The molecule has 0 saturated heterocycles. The van der Waals surface area contributed by atoms with Crippen molar-refractivity contribution >= 4 is 0 Å². The SMILES string of the molecule is Cc1c(CNC(C)CCO)cc(C#N)n1C. The summed E-state index contributed by atoms with van der Waals surface area (Å²) in [5.41, 5.74) is 2.94. The van der Waals surface area contributed by atoms with Crippen molar-refractivity contribution < 1.29 is 5.11 Å². The highest BCUT2D eigenvalue weighted by Crippen LogP contribution is 2.13. The van der Waals surface area contributed by atoms with E-state index in [9.17, 15) is 0 Å². The van der Waals surface area contributed by atoms with E-state index < -0.39 is 0 Å². The van der Waals surface area contributed by atoms with Crippen molar-refractivity contribution in [3.05, 3.63) is 23.0 Å². The van der Waals surface area contributed by atoms with E-state index in [-0.39, 0.29) is 12.6 Å². The summed E-state index contributed by atoms with van der Waals surface area (Å²) >= 11 is 0. The molecule has 4 nitrogen and oxygen atoms in total. The van der Waals surface area contributed by atoms with Crippen molar-refractivity contribution in [2.45, 2.75) is 32.9 Å². The van der Waals surface area contributed by atoms with E-state index in [2.05, 4.69) is 11.4 Å². The molecule has 1 heterocycles. The molecule has 0 aliphatic carbocycles. The van der Waals surface area contributed by atoms with Crippen LogP contribution in [0.5, 0.6) is 0 Å². The van der Waals surface area contributed by atoms with Gasteiger partial charge in [0.2, 0.25) is 0 Å².